The van der Waals surface area contributed by atoms with E-state index in [-0.39, 0.29) is 10.7 Å². The van der Waals surface area contributed by atoms with E-state index in [1.54, 1.807) is 0 Å². The molecule has 0 bridgehead atoms. The monoisotopic (exact) mass is 158 g/mol. The first-order valence-electron chi connectivity index (χ1n) is 3.39. The molecule has 3 heteroatoms. The maximum Gasteiger partial charge on any atom is 0.115 e. The van der Waals surface area contributed by atoms with Gasteiger partial charge < -0.3 is 0 Å². The van der Waals surface area contributed by atoms with Gasteiger partial charge in [-0.1, -0.05) is 27.7 Å². The molecule has 0 spiro atoms. The van der Waals surface area contributed by atoms with Gasteiger partial charge in [0.2, 0.25) is 0 Å². The van der Waals surface area contributed by atoms with Crippen LogP contribution in [0.3, 0.4) is 0 Å². The fourth-order valence-electron chi connectivity index (χ4n) is 0.780. The largest absolute Gasteiger partial charge is 0.181 e. The maximum atomic E-state index is 6.58. The summed E-state index contributed by atoms with van der Waals surface area (Å²) in [5.74, 6) is 0. The molecule has 0 saturated carbocycles. The molecule has 10 heavy (non-hydrogen) atoms. The van der Waals surface area contributed by atoms with Crippen LogP contribution in [0.5, 0.6) is 0 Å². The van der Waals surface area contributed by atoms with E-state index in [0.29, 0.717) is 10.5 Å². The highest BCUT2D eigenvalue weighted by molar-refractivity contribution is 7.88. The van der Waals surface area contributed by atoms with Gasteiger partial charge in [-0.2, -0.15) is 6.57 Å². The van der Waals surface area contributed by atoms with Crippen LogP contribution in [0.15, 0.2) is 4.47 Å². The minimum Gasteiger partial charge on any atom is -0.181 e. The minimum atomic E-state index is -0.0571. The molecule has 58 valence electrons. The van der Waals surface area contributed by atoms with Gasteiger partial charge in [-0.3, -0.25) is 0 Å². The molecule has 0 fully saturated rings. The fourth-order valence-corrected chi connectivity index (χ4v) is 2.34. The van der Waals surface area contributed by atoms with Crippen molar-refractivity contribution >= 4 is 10.7 Å². The standard InChI is InChI=1S/C7H14N2S/c1-6(2)10(7(3)4)9-8-5/h6-7H,1-4H3. The van der Waals surface area contributed by atoms with Crippen molar-refractivity contribution in [2.45, 2.75) is 38.2 Å². The Morgan fingerprint density at radius 3 is 1.70 bits per heavy atom. The van der Waals surface area contributed by atoms with Crippen LogP contribution in [-0.4, -0.2) is 10.5 Å². The van der Waals surface area contributed by atoms with Gasteiger partial charge in [-0.05, 0) is 10.7 Å². The van der Waals surface area contributed by atoms with Crippen molar-refractivity contribution in [2.75, 3.05) is 0 Å². The molecule has 0 rings (SSSR count). The zero-order valence-corrected chi connectivity index (χ0v) is 7.77. The van der Waals surface area contributed by atoms with Crippen LogP contribution >= 0.6 is 0 Å². The van der Waals surface area contributed by atoms with Crippen molar-refractivity contribution in [3.63, 3.8) is 0 Å². The van der Waals surface area contributed by atoms with E-state index in [1.165, 1.54) is 0 Å². The molecule has 0 aliphatic carbocycles. The Kier molecular flexibility index (Phi) is 4.29. The number of hydrogen-bond acceptors (Lipinski definition) is 1. The minimum absolute atomic E-state index is 0.0571. The lowest BCUT2D eigenvalue weighted by Gasteiger charge is -2.09. The smallest absolute Gasteiger partial charge is 0.115 e. The summed E-state index contributed by atoms with van der Waals surface area (Å²) in [5.41, 5.74) is 0. The molecule has 0 aromatic carbocycles. The summed E-state index contributed by atoms with van der Waals surface area (Å²) in [6.45, 7) is 15.0. The highest BCUT2D eigenvalue weighted by Crippen LogP contribution is 2.06. The van der Waals surface area contributed by atoms with E-state index in [4.69, 9.17) is 6.57 Å². The second-order valence-electron chi connectivity index (χ2n) is 2.63. The van der Waals surface area contributed by atoms with Crippen molar-refractivity contribution in [1.29, 1.82) is 0 Å². The van der Waals surface area contributed by atoms with E-state index >= 15 is 0 Å². The molecule has 0 aliphatic heterocycles. The highest BCUT2D eigenvalue weighted by Gasteiger charge is 2.09. The number of hydrogen-bond donors (Lipinski definition) is 0. The van der Waals surface area contributed by atoms with Gasteiger partial charge >= 0.3 is 0 Å². The Balaban J connectivity index is 4.30. The van der Waals surface area contributed by atoms with Gasteiger partial charge in [-0.15, -0.1) is 4.95 Å². The number of rotatable bonds is 2. The molecular weight excluding hydrogens is 144 g/mol. The first-order valence-corrected chi connectivity index (χ1v) is 4.69. The molecular formula is C7H14N2S. The first kappa shape index (κ1) is 9.64. The second kappa shape index (κ2) is 4.45. The zero-order valence-electron chi connectivity index (χ0n) is 6.96. The topological polar surface area (TPSA) is 16.7 Å². The van der Waals surface area contributed by atoms with Gasteiger partial charge in [0.05, 0.1) is 0 Å². The molecule has 0 amide bonds. The van der Waals surface area contributed by atoms with E-state index in [9.17, 15) is 0 Å². The Morgan fingerprint density at radius 1 is 1.20 bits per heavy atom. The second-order valence-corrected chi connectivity index (χ2v) is 5.37. The van der Waals surface area contributed by atoms with E-state index < -0.39 is 0 Å². The molecule has 0 aliphatic rings. The molecule has 0 heterocycles. The third kappa shape index (κ3) is 2.98. The summed E-state index contributed by atoms with van der Waals surface area (Å²) in [5, 5.41) is 1.02. The number of nitrogens with zero attached hydrogens (tertiary/aromatic N) is 2. The zero-order chi connectivity index (χ0) is 8.15. The predicted molar refractivity (Wildman–Crippen MR) is 46.7 cm³/mol. The van der Waals surface area contributed by atoms with Crippen molar-refractivity contribution in [3.8, 4) is 0 Å². The van der Waals surface area contributed by atoms with Crippen molar-refractivity contribution in [1.82, 2.24) is 0 Å². The Labute approximate surface area is 65.5 Å². The fraction of sp³-hybridized carbons (Fsp3) is 0.857. The molecule has 0 saturated heterocycles. The summed E-state index contributed by atoms with van der Waals surface area (Å²) in [7, 11) is -0.0571. The van der Waals surface area contributed by atoms with Crippen LogP contribution < -0.4 is 0 Å². The van der Waals surface area contributed by atoms with E-state index in [1.807, 2.05) is 0 Å². The van der Waals surface area contributed by atoms with E-state index in [0.717, 1.165) is 0 Å². The van der Waals surface area contributed by atoms with Crippen molar-refractivity contribution in [3.05, 3.63) is 11.5 Å². The SMILES string of the molecule is [C-]#[N+]N=S(C(C)C)C(C)C. The van der Waals surface area contributed by atoms with E-state index in [2.05, 4.69) is 37.1 Å². The molecule has 0 unspecified atom stereocenters. The van der Waals surface area contributed by atoms with Crippen molar-refractivity contribution < 1.29 is 0 Å². The molecule has 0 aromatic heterocycles. The summed E-state index contributed by atoms with van der Waals surface area (Å²) in [6.07, 6.45) is 0. The third-order valence-corrected chi connectivity index (χ3v) is 3.30. The lowest BCUT2D eigenvalue weighted by atomic mass is 10.5. The Hall–Kier alpha value is -0.360. The molecule has 0 aromatic rings. The van der Waals surface area contributed by atoms with Crippen LogP contribution in [0.25, 0.3) is 4.95 Å². The quantitative estimate of drug-likeness (QED) is 0.433. The Morgan fingerprint density at radius 2 is 1.60 bits per heavy atom. The third-order valence-electron chi connectivity index (χ3n) is 1.10. The highest BCUT2D eigenvalue weighted by atomic mass is 32.2. The van der Waals surface area contributed by atoms with Gasteiger partial charge in [-0.25, -0.2) is 0 Å². The van der Waals surface area contributed by atoms with Gasteiger partial charge in [0.25, 0.3) is 0 Å². The van der Waals surface area contributed by atoms with Crippen LogP contribution in [0.4, 0.5) is 0 Å². The van der Waals surface area contributed by atoms with Crippen LogP contribution in [0.1, 0.15) is 27.7 Å². The summed E-state index contributed by atoms with van der Waals surface area (Å²) in [6, 6.07) is 0. The van der Waals surface area contributed by atoms with Crippen LogP contribution in [0.2, 0.25) is 0 Å². The van der Waals surface area contributed by atoms with Crippen molar-refractivity contribution in [2.24, 2.45) is 4.47 Å². The summed E-state index contributed by atoms with van der Waals surface area (Å²) < 4.78 is 3.84. The first-order chi connectivity index (χ1) is 4.59. The average molecular weight is 158 g/mol. The Bertz CT molecular complexity index is 155. The van der Waals surface area contributed by atoms with Crippen LogP contribution in [-0.2, 0) is 10.7 Å². The lowest BCUT2D eigenvalue weighted by molar-refractivity contribution is 1.03. The molecule has 0 atom stereocenters. The maximum absolute atomic E-state index is 6.58. The lowest BCUT2D eigenvalue weighted by Crippen LogP contribution is -2.14. The molecule has 0 N–H and O–H groups in total. The molecule has 2 nitrogen and oxygen atoms in total. The van der Waals surface area contributed by atoms with Crippen LogP contribution in [0, 0.1) is 6.57 Å². The summed E-state index contributed by atoms with van der Waals surface area (Å²) >= 11 is 0. The molecule has 0 radical (unpaired) electrons. The van der Waals surface area contributed by atoms with Gasteiger partial charge in [0.15, 0.2) is 0 Å². The van der Waals surface area contributed by atoms with Gasteiger partial charge in [0, 0.05) is 10.5 Å². The predicted octanol–water partition coefficient (Wildman–Crippen LogP) is 2.44. The average Bonchev–Trinajstić information content (AvgIpc) is 1.81. The normalized spacial score (nSPS) is 10.6. The van der Waals surface area contributed by atoms with Gasteiger partial charge in [0.1, 0.15) is 4.47 Å². The summed E-state index contributed by atoms with van der Waals surface area (Å²) in [4.78, 5) is 3.07.